The minimum absolute atomic E-state index is 0.113. The number of aliphatic carboxylic acids is 1. The lowest BCUT2D eigenvalue weighted by atomic mass is 9.89. The SMILES string of the molecule is O=C(O)CCCC=CC[C@H]1C(O)CC(O)[C@@H]1C=CC(O)CCc1sc(Br)c(Br)c1Br. The molecule has 0 spiro atoms. The van der Waals surface area contributed by atoms with Gasteiger partial charge in [-0.15, -0.1) is 11.3 Å². The van der Waals surface area contributed by atoms with Gasteiger partial charge >= 0.3 is 5.97 Å². The van der Waals surface area contributed by atoms with E-state index in [9.17, 15) is 20.1 Å². The van der Waals surface area contributed by atoms with E-state index in [1.54, 1.807) is 17.4 Å². The number of allylic oxidation sites excluding steroid dienone is 2. The molecule has 1 aliphatic rings. The second-order valence-electron chi connectivity index (χ2n) is 7.52. The van der Waals surface area contributed by atoms with Gasteiger partial charge in [0.05, 0.1) is 26.6 Å². The molecule has 5 nitrogen and oxygen atoms in total. The predicted octanol–water partition coefficient (Wildman–Crippen LogP) is 5.44. The van der Waals surface area contributed by atoms with Crippen molar-refractivity contribution < 1.29 is 25.2 Å². The van der Waals surface area contributed by atoms with Gasteiger partial charge in [0.25, 0.3) is 0 Å². The highest BCUT2D eigenvalue weighted by molar-refractivity contribution is 9.14. The van der Waals surface area contributed by atoms with Crippen LogP contribution in [0.25, 0.3) is 0 Å². The van der Waals surface area contributed by atoms with E-state index < -0.39 is 24.3 Å². The summed E-state index contributed by atoms with van der Waals surface area (Å²) < 4.78 is 2.99. The van der Waals surface area contributed by atoms with Crippen molar-refractivity contribution in [3.8, 4) is 0 Å². The van der Waals surface area contributed by atoms with Crippen LogP contribution in [-0.4, -0.2) is 44.7 Å². The van der Waals surface area contributed by atoms with Gasteiger partial charge < -0.3 is 20.4 Å². The zero-order valence-electron chi connectivity index (χ0n) is 16.4. The lowest BCUT2D eigenvalue weighted by Crippen LogP contribution is -2.20. The molecule has 1 fully saturated rings. The van der Waals surface area contributed by atoms with Gasteiger partial charge in [0.15, 0.2) is 0 Å². The molecule has 1 saturated carbocycles. The van der Waals surface area contributed by atoms with Crippen LogP contribution in [-0.2, 0) is 11.2 Å². The van der Waals surface area contributed by atoms with E-state index in [-0.39, 0.29) is 18.3 Å². The summed E-state index contributed by atoms with van der Waals surface area (Å²) in [6.07, 6.45) is 9.24. The van der Waals surface area contributed by atoms with E-state index in [2.05, 4.69) is 47.8 Å². The van der Waals surface area contributed by atoms with Crippen molar-refractivity contribution in [1.29, 1.82) is 0 Å². The van der Waals surface area contributed by atoms with Crippen LogP contribution in [0.5, 0.6) is 0 Å². The summed E-state index contributed by atoms with van der Waals surface area (Å²) in [7, 11) is 0. The normalized spacial score (nSPS) is 25.5. The lowest BCUT2D eigenvalue weighted by molar-refractivity contribution is -0.137. The van der Waals surface area contributed by atoms with Gasteiger partial charge in [-0.3, -0.25) is 4.79 Å². The summed E-state index contributed by atoms with van der Waals surface area (Å²) in [6.45, 7) is 0. The molecule has 9 heteroatoms. The molecule has 0 aromatic carbocycles. The highest BCUT2D eigenvalue weighted by atomic mass is 79.9. The van der Waals surface area contributed by atoms with Gasteiger partial charge in [-0.05, 0) is 85.8 Å². The Morgan fingerprint density at radius 2 is 1.90 bits per heavy atom. The standard InChI is InChI=1S/C21H27Br3O5S/c22-19-17(30-21(24)20(19)23)10-8-12(25)7-9-14-13(15(26)11-16(14)27)5-3-1-2-4-6-18(28)29/h1,3,7,9,12-16,25-27H,2,4-6,8,10-11H2,(H,28,29)/t12?,13-,14-,15?,16?/m1/s1. The number of unbranched alkanes of at least 4 members (excludes halogenated alkanes) is 1. The zero-order valence-corrected chi connectivity index (χ0v) is 22.0. The van der Waals surface area contributed by atoms with Gasteiger partial charge in [0, 0.05) is 28.1 Å². The average Bonchev–Trinajstić information content (AvgIpc) is 3.09. The fourth-order valence-electron chi connectivity index (χ4n) is 3.65. The quantitative estimate of drug-likeness (QED) is 0.193. The largest absolute Gasteiger partial charge is 0.481 e. The average molecular weight is 631 g/mol. The molecule has 2 rings (SSSR count). The Kier molecular flexibility index (Phi) is 11.2. The maximum Gasteiger partial charge on any atom is 0.303 e. The molecule has 1 aromatic rings. The molecular weight excluding hydrogens is 604 g/mol. The Hall–Kier alpha value is -0.0300. The Labute approximate surface area is 206 Å². The third-order valence-electron chi connectivity index (χ3n) is 5.30. The molecule has 4 N–H and O–H groups in total. The zero-order chi connectivity index (χ0) is 22.3. The number of carboxylic acids is 1. The van der Waals surface area contributed by atoms with Gasteiger partial charge in [-0.25, -0.2) is 0 Å². The van der Waals surface area contributed by atoms with Crippen LogP contribution in [0.15, 0.2) is 37.0 Å². The molecule has 168 valence electrons. The van der Waals surface area contributed by atoms with Crippen LogP contribution in [0.4, 0.5) is 0 Å². The molecular formula is C21H27Br3O5S. The van der Waals surface area contributed by atoms with Gasteiger partial charge in [0.1, 0.15) is 0 Å². The van der Waals surface area contributed by atoms with E-state index in [1.165, 1.54) is 0 Å². The van der Waals surface area contributed by atoms with Crippen molar-refractivity contribution in [2.45, 2.75) is 63.3 Å². The summed E-state index contributed by atoms with van der Waals surface area (Å²) in [6, 6.07) is 0. The molecule has 0 saturated heterocycles. The number of rotatable bonds is 11. The number of aliphatic hydroxyl groups excluding tert-OH is 3. The first kappa shape index (κ1) is 26.2. The second-order valence-corrected chi connectivity index (χ2v) is 11.5. The van der Waals surface area contributed by atoms with Crippen LogP contribution >= 0.6 is 59.1 Å². The number of carbonyl (C=O) groups is 1. The summed E-state index contributed by atoms with van der Waals surface area (Å²) in [4.78, 5) is 11.7. The third-order valence-corrected chi connectivity index (χ3v) is 10.5. The van der Waals surface area contributed by atoms with Gasteiger partial charge in [-0.1, -0.05) is 24.3 Å². The number of halogens is 3. The van der Waals surface area contributed by atoms with Crippen LogP contribution in [0, 0.1) is 11.8 Å². The summed E-state index contributed by atoms with van der Waals surface area (Å²) in [5.74, 6) is -1.12. The summed E-state index contributed by atoms with van der Waals surface area (Å²) in [5, 5.41) is 39.6. The first-order chi connectivity index (χ1) is 14.2. The fraction of sp³-hybridized carbons (Fsp3) is 0.571. The minimum atomic E-state index is -0.798. The van der Waals surface area contributed by atoms with Gasteiger partial charge in [0.2, 0.25) is 0 Å². The molecule has 0 amide bonds. The van der Waals surface area contributed by atoms with E-state index in [4.69, 9.17) is 5.11 Å². The maximum atomic E-state index is 10.5. The smallest absolute Gasteiger partial charge is 0.303 e. The number of aliphatic hydroxyl groups is 3. The van der Waals surface area contributed by atoms with Crippen molar-refractivity contribution >= 4 is 65.1 Å². The highest BCUT2D eigenvalue weighted by Crippen LogP contribution is 2.41. The van der Waals surface area contributed by atoms with Crippen molar-refractivity contribution in [3.05, 3.63) is 41.9 Å². The highest BCUT2D eigenvalue weighted by Gasteiger charge is 2.39. The van der Waals surface area contributed by atoms with E-state index in [0.29, 0.717) is 32.1 Å². The van der Waals surface area contributed by atoms with E-state index >= 15 is 0 Å². The minimum Gasteiger partial charge on any atom is -0.481 e. The van der Waals surface area contributed by atoms with Crippen molar-refractivity contribution in [2.24, 2.45) is 11.8 Å². The van der Waals surface area contributed by atoms with Gasteiger partial charge in [-0.2, -0.15) is 0 Å². The summed E-state index contributed by atoms with van der Waals surface area (Å²) >= 11 is 12.2. The Bertz CT molecular complexity index is 764. The van der Waals surface area contributed by atoms with Crippen molar-refractivity contribution in [1.82, 2.24) is 0 Å². The molecule has 0 radical (unpaired) electrons. The number of thiophene rings is 1. The van der Waals surface area contributed by atoms with Crippen LogP contribution < -0.4 is 0 Å². The fourth-order valence-corrected chi connectivity index (χ4v) is 6.90. The first-order valence-electron chi connectivity index (χ1n) is 9.92. The van der Waals surface area contributed by atoms with E-state index in [0.717, 1.165) is 24.0 Å². The lowest BCUT2D eigenvalue weighted by Gasteiger charge is -2.19. The summed E-state index contributed by atoms with van der Waals surface area (Å²) in [5.41, 5.74) is 0. The van der Waals surface area contributed by atoms with Crippen molar-refractivity contribution in [2.75, 3.05) is 0 Å². The second kappa shape index (κ2) is 12.9. The molecule has 1 heterocycles. The molecule has 1 aliphatic carbocycles. The molecule has 5 atom stereocenters. The molecule has 0 aliphatic heterocycles. The predicted molar refractivity (Wildman–Crippen MR) is 130 cm³/mol. The molecule has 30 heavy (non-hydrogen) atoms. The van der Waals surface area contributed by atoms with E-state index in [1.807, 2.05) is 18.2 Å². The Morgan fingerprint density at radius 1 is 1.17 bits per heavy atom. The third kappa shape index (κ3) is 7.83. The van der Waals surface area contributed by atoms with Crippen molar-refractivity contribution in [3.63, 3.8) is 0 Å². The van der Waals surface area contributed by atoms with Crippen LogP contribution in [0.1, 0.15) is 43.4 Å². The topological polar surface area (TPSA) is 98.0 Å². The molecule has 1 aromatic heterocycles. The Morgan fingerprint density at radius 3 is 2.53 bits per heavy atom. The van der Waals surface area contributed by atoms with Crippen LogP contribution in [0.2, 0.25) is 0 Å². The number of hydrogen-bond acceptors (Lipinski definition) is 5. The number of carboxylic acid groups (broad SMARTS) is 1. The maximum absolute atomic E-state index is 10.5. The molecule has 0 bridgehead atoms. The monoisotopic (exact) mass is 628 g/mol. The van der Waals surface area contributed by atoms with Crippen LogP contribution in [0.3, 0.4) is 0 Å². The first-order valence-corrected chi connectivity index (χ1v) is 13.1. The Balaban J connectivity index is 1.86. The molecule has 3 unspecified atom stereocenters. The number of aryl methyl sites for hydroxylation is 1. The number of hydrogen-bond donors (Lipinski definition) is 4.